The quantitative estimate of drug-likeness (QED) is 0.858. The van der Waals surface area contributed by atoms with Crippen molar-refractivity contribution in [3.05, 3.63) is 34.5 Å². The number of halogens is 2. The first-order valence-corrected chi connectivity index (χ1v) is 8.13. The third-order valence-corrected chi connectivity index (χ3v) is 5.03. The highest BCUT2D eigenvalue weighted by Crippen LogP contribution is 2.34. The lowest BCUT2D eigenvalue weighted by Crippen LogP contribution is -2.46. The maximum Gasteiger partial charge on any atom is 0.264 e. The van der Waals surface area contributed by atoms with Gasteiger partial charge in [-0.25, -0.2) is 8.78 Å². The number of thiophene rings is 1. The Labute approximate surface area is 136 Å². The fourth-order valence-electron chi connectivity index (χ4n) is 2.76. The molecular weight excluding hydrogens is 324 g/mol. The highest BCUT2D eigenvalue weighted by atomic mass is 32.1. The summed E-state index contributed by atoms with van der Waals surface area (Å²) in [6.45, 7) is 0.435. The second-order valence-electron chi connectivity index (χ2n) is 5.35. The molecule has 7 heteroatoms. The minimum Gasteiger partial charge on any atom is -0.380 e. The van der Waals surface area contributed by atoms with E-state index in [0.29, 0.717) is 33.7 Å². The minimum absolute atomic E-state index is 0.152. The summed E-state index contributed by atoms with van der Waals surface area (Å²) in [6.07, 6.45) is -0.593. The minimum atomic E-state index is -0.629. The molecule has 0 radical (unpaired) electrons. The molecule has 1 aliphatic heterocycles. The SMILES string of the molecule is COCc1c(C(=O)N2CCO[C@@H](CF)C2)sc2cccc(F)c12. The fraction of sp³-hybridized carbons (Fsp3) is 0.438. The zero-order chi connectivity index (χ0) is 16.4. The van der Waals surface area contributed by atoms with E-state index in [0.717, 1.165) is 0 Å². The topological polar surface area (TPSA) is 38.8 Å². The molecule has 4 nitrogen and oxygen atoms in total. The van der Waals surface area contributed by atoms with E-state index in [1.54, 1.807) is 17.0 Å². The summed E-state index contributed by atoms with van der Waals surface area (Å²) in [5, 5.41) is 0.429. The van der Waals surface area contributed by atoms with Gasteiger partial charge in [0.25, 0.3) is 5.91 Å². The van der Waals surface area contributed by atoms with Crippen molar-refractivity contribution in [3.63, 3.8) is 0 Å². The van der Waals surface area contributed by atoms with Gasteiger partial charge in [0.1, 0.15) is 18.6 Å². The third kappa shape index (κ3) is 3.08. The fourth-order valence-corrected chi connectivity index (χ4v) is 3.95. The Morgan fingerprint density at radius 3 is 3.09 bits per heavy atom. The second kappa shape index (κ2) is 6.90. The highest BCUT2D eigenvalue weighted by molar-refractivity contribution is 7.21. The molecule has 2 heterocycles. The number of ether oxygens (including phenoxy) is 2. The maximum absolute atomic E-state index is 14.2. The molecule has 23 heavy (non-hydrogen) atoms. The van der Waals surface area contributed by atoms with Crippen LogP contribution in [0, 0.1) is 5.82 Å². The number of methoxy groups -OCH3 is 1. The number of carbonyl (C=O) groups is 1. The number of alkyl halides is 1. The predicted molar refractivity (Wildman–Crippen MR) is 84.1 cm³/mol. The molecule has 1 amide bonds. The van der Waals surface area contributed by atoms with Gasteiger partial charge in [-0.2, -0.15) is 0 Å². The summed E-state index contributed by atoms with van der Waals surface area (Å²) in [7, 11) is 1.51. The summed E-state index contributed by atoms with van der Waals surface area (Å²) in [4.78, 5) is 14.8. The molecule has 0 saturated carbocycles. The zero-order valence-electron chi connectivity index (χ0n) is 12.7. The first-order valence-electron chi connectivity index (χ1n) is 7.31. The number of nitrogens with zero attached hydrogens (tertiary/aromatic N) is 1. The van der Waals surface area contributed by atoms with E-state index in [2.05, 4.69) is 0 Å². The highest BCUT2D eigenvalue weighted by Gasteiger charge is 2.29. The first-order chi connectivity index (χ1) is 11.2. The smallest absolute Gasteiger partial charge is 0.264 e. The summed E-state index contributed by atoms with van der Waals surface area (Å²) in [5.74, 6) is -0.590. The number of morpholine rings is 1. The third-order valence-electron chi connectivity index (χ3n) is 3.84. The van der Waals surface area contributed by atoms with E-state index in [1.807, 2.05) is 0 Å². The Bertz CT molecular complexity index is 719. The van der Waals surface area contributed by atoms with Gasteiger partial charge in [0.05, 0.1) is 18.1 Å². The molecule has 0 aliphatic carbocycles. The zero-order valence-corrected chi connectivity index (χ0v) is 13.5. The number of benzene rings is 1. The van der Waals surface area contributed by atoms with E-state index >= 15 is 0 Å². The van der Waals surface area contributed by atoms with Crippen LogP contribution in [0.5, 0.6) is 0 Å². The van der Waals surface area contributed by atoms with Crippen LogP contribution in [0.3, 0.4) is 0 Å². The lowest BCUT2D eigenvalue weighted by atomic mass is 10.1. The second-order valence-corrected chi connectivity index (χ2v) is 6.41. The van der Waals surface area contributed by atoms with Crippen LogP contribution >= 0.6 is 11.3 Å². The summed E-state index contributed by atoms with van der Waals surface area (Å²) in [5.41, 5.74) is 0.555. The van der Waals surface area contributed by atoms with Crippen LogP contribution in [0.4, 0.5) is 8.78 Å². The number of rotatable bonds is 4. The standard InChI is InChI=1S/C16H17F2NO3S/c1-21-9-11-14-12(18)3-2-4-13(14)23-15(11)16(20)19-5-6-22-10(7-17)8-19/h2-4,10H,5-9H2,1H3/t10-/m0/s1. The largest absolute Gasteiger partial charge is 0.380 e. The molecule has 0 N–H and O–H groups in total. The number of fused-ring (bicyclic) bond motifs is 1. The molecular formula is C16H17F2NO3S. The van der Waals surface area contributed by atoms with Gasteiger partial charge in [0.15, 0.2) is 0 Å². The van der Waals surface area contributed by atoms with Crippen LogP contribution < -0.4 is 0 Å². The van der Waals surface area contributed by atoms with Gasteiger partial charge < -0.3 is 14.4 Å². The van der Waals surface area contributed by atoms with E-state index in [1.165, 1.54) is 24.5 Å². The van der Waals surface area contributed by atoms with Gasteiger partial charge in [0, 0.05) is 35.8 Å². The molecule has 1 aliphatic rings. The van der Waals surface area contributed by atoms with E-state index in [4.69, 9.17) is 9.47 Å². The maximum atomic E-state index is 14.2. The molecule has 2 aromatic rings. The first kappa shape index (κ1) is 16.3. The molecule has 124 valence electrons. The summed E-state index contributed by atoms with van der Waals surface area (Å²) in [6, 6.07) is 4.77. The average molecular weight is 341 g/mol. The lowest BCUT2D eigenvalue weighted by molar-refractivity contribution is -0.0309. The van der Waals surface area contributed by atoms with Crippen molar-refractivity contribution < 1.29 is 23.0 Å². The van der Waals surface area contributed by atoms with Crippen molar-refractivity contribution in [3.8, 4) is 0 Å². The summed E-state index contributed by atoms with van der Waals surface area (Å²) < 4.78 is 38.1. The van der Waals surface area contributed by atoms with Crippen LogP contribution in [0.1, 0.15) is 15.2 Å². The Morgan fingerprint density at radius 1 is 1.52 bits per heavy atom. The Kier molecular flexibility index (Phi) is 4.89. The Morgan fingerprint density at radius 2 is 2.35 bits per heavy atom. The van der Waals surface area contributed by atoms with E-state index in [-0.39, 0.29) is 24.9 Å². The van der Waals surface area contributed by atoms with E-state index in [9.17, 15) is 13.6 Å². The molecule has 1 saturated heterocycles. The van der Waals surface area contributed by atoms with Crippen LogP contribution in [0.25, 0.3) is 10.1 Å². The lowest BCUT2D eigenvalue weighted by Gasteiger charge is -2.31. The van der Waals surface area contributed by atoms with E-state index < -0.39 is 12.8 Å². The van der Waals surface area contributed by atoms with Crippen molar-refractivity contribution >= 4 is 27.3 Å². The molecule has 0 spiro atoms. The average Bonchev–Trinajstić information content (AvgIpc) is 2.94. The molecule has 1 atom stereocenters. The number of hydrogen-bond acceptors (Lipinski definition) is 4. The Balaban J connectivity index is 1.99. The molecule has 0 unspecified atom stereocenters. The van der Waals surface area contributed by atoms with Gasteiger partial charge in [-0.1, -0.05) is 6.07 Å². The predicted octanol–water partition coefficient (Wildman–Crippen LogP) is 3.00. The molecule has 3 rings (SSSR count). The van der Waals surface area contributed by atoms with Crippen LogP contribution in [0.15, 0.2) is 18.2 Å². The van der Waals surface area contributed by atoms with Crippen molar-refractivity contribution in [1.29, 1.82) is 0 Å². The monoisotopic (exact) mass is 341 g/mol. The molecule has 1 aromatic heterocycles. The van der Waals surface area contributed by atoms with Gasteiger partial charge in [0.2, 0.25) is 0 Å². The van der Waals surface area contributed by atoms with Gasteiger partial charge in [-0.05, 0) is 12.1 Å². The normalized spacial score (nSPS) is 18.6. The van der Waals surface area contributed by atoms with Crippen molar-refractivity contribution in [2.45, 2.75) is 12.7 Å². The van der Waals surface area contributed by atoms with Crippen LogP contribution in [-0.4, -0.2) is 50.4 Å². The van der Waals surface area contributed by atoms with Crippen LogP contribution in [-0.2, 0) is 16.1 Å². The molecule has 0 bridgehead atoms. The summed E-state index contributed by atoms with van der Waals surface area (Å²) >= 11 is 1.24. The van der Waals surface area contributed by atoms with Crippen molar-refractivity contribution in [1.82, 2.24) is 4.90 Å². The van der Waals surface area contributed by atoms with Gasteiger partial charge >= 0.3 is 0 Å². The van der Waals surface area contributed by atoms with Gasteiger partial charge in [-0.15, -0.1) is 11.3 Å². The van der Waals surface area contributed by atoms with Crippen LogP contribution in [0.2, 0.25) is 0 Å². The van der Waals surface area contributed by atoms with Crippen molar-refractivity contribution in [2.24, 2.45) is 0 Å². The van der Waals surface area contributed by atoms with Crippen molar-refractivity contribution in [2.75, 3.05) is 33.5 Å². The van der Waals surface area contributed by atoms with Gasteiger partial charge in [-0.3, -0.25) is 4.79 Å². The number of amides is 1. The number of carbonyl (C=O) groups excluding carboxylic acids is 1. The number of hydrogen-bond donors (Lipinski definition) is 0. The Hall–Kier alpha value is -1.57. The molecule has 1 fully saturated rings. The molecule has 1 aromatic carbocycles.